The normalized spacial score (nSPS) is 14.4. The van der Waals surface area contributed by atoms with Crippen LogP contribution < -0.4 is 5.73 Å². The predicted molar refractivity (Wildman–Crippen MR) is 47.6 cm³/mol. The third-order valence-electron chi connectivity index (χ3n) is 1.27. The van der Waals surface area contributed by atoms with E-state index in [4.69, 9.17) is 10.8 Å². The van der Waals surface area contributed by atoms with Crippen molar-refractivity contribution in [3.8, 4) is 0 Å². The van der Waals surface area contributed by atoms with Gasteiger partial charge in [-0.25, -0.2) is 0 Å². The van der Waals surface area contributed by atoms with Crippen LogP contribution in [0.4, 0.5) is 0 Å². The maximum atomic E-state index is 8.82. The van der Waals surface area contributed by atoms with Crippen LogP contribution in [0.1, 0.15) is 20.8 Å². The molecule has 0 amide bonds. The lowest BCUT2D eigenvalue weighted by Crippen LogP contribution is -2.22. The lowest BCUT2D eigenvalue weighted by atomic mass is 10.1. The Kier molecular flexibility index (Phi) is 3.82. The van der Waals surface area contributed by atoms with Crippen LogP contribution in [0.5, 0.6) is 0 Å². The fourth-order valence-corrected chi connectivity index (χ4v) is 0.360. The van der Waals surface area contributed by atoms with Gasteiger partial charge in [-0.2, -0.15) is 0 Å². The van der Waals surface area contributed by atoms with Crippen LogP contribution in [0.25, 0.3) is 0 Å². The standard InChI is InChI=1S/C8H16N2O/c1-7(4-9)5-10-8(2,3)6-11/h4-5,11H,6,9H2,1-3H3. The molecule has 0 aromatic rings. The second-order valence-electron chi connectivity index (χ2n) is 3.14. The summed E-state index contributed by atoms with van der Waals surface area (Å²) in [6, 6.07) is 0. The van der Waals surface area contributed by atoms with Crippen LogP contribution in [0.15, 0.2) is 16.8 Å². The van der Waals surface area contributed by atoms with E-state index in [-0.39, 0.29) is 6.61 Å². The van der Waals surface area contributed by atoms with Crippen LogP contribution in [-0.4, -0.2) is 23.5 Å². The smallest absolute Gasteiger partial charge is 0.0781 e. The summed E-state index contributed by atoms with van der Waals surface area (Å²) in [4.78, 5) is 4.12. The minimum atomic E-state index is -0.399. The molecule has 0 radical (unpaired) electrons. The number of allylic oxidation sites excluding steroid dienone is 1. The first-order valence-electron chi connectivity index (χ1n) is 3.56. The molecule has 11 heavy (non-hydrogen) atoms. The van der Waals surface area contributed by atoms with Crippen LogP contribution in [0.2, 0.25) is 0 Å². The van der Waals surface area contributed by atoms with E-state index >= 15 is 0 Å². The molecule has 0 aromatic heterocycles. The van der Waals surface area contributed by atoms with Crippen molar-refractivity contribution in [2.75, 3.05) is 6.61 Å². The van der Waals surface area contributed by atoms with E-state index in [9.17, 15) is 0 Å². The predicted octanol–water partition coefficient (Wildman–Crippen LogP) is 0.691. The quantitative estimate of drug-likeness (QED) is 0.591. The average molecular weight is 156 g/mol. The SMILES string of the molecule is CC(C=NC(C)(C)CO)=CN. The molecular formula is C8H16N2O. The van der Waals surface area contributed by atoms with E-state index in [0.717, 1.165) is 5.57 Å². The molecule has 0 rings (SSSR count). The molecule has 0 heterocycles. The molecule has 0 bridgehead atoms. The Labute approximate surface area is 67.6 Å². The second-order valence-corrected chi connectivity index (χ2v) is 3.14. The number of hydrogen-bond donors (Lipinski definition) is 2. The number of aliphatic hydroxyl groups excluding tert-OH is 1. The van der Waals surface area contributed by atoms with E-state index in [2.05, 4.69) is 4.99 Å². The maximum Gasteiger partial charge on any atom is 0.0781 e. The summed E-state index contributed by atoms with van der Waals surface area (Å²) in [5.41, 5.74) is 5.72. The van der Waals surface area contributed by atoms with E-state index in [0.29, 0.717) is 0 Å². The van der Waals surface area contributed by atoms with Crippen molar-refractivity contribution >= 4 is 6.21 Å². The molecule has 64 valence electrons. The van der Waals surface area contributed by atoms with E-state index in [1.54, 1.807) is 6.21 Å². The molecular weight excluding hydrogens is 140 g/mol. The fourth-order valence-electron chi connectivity index (χ4n) is 0.360. The van der Waals surface area contributed by atoms with Crippen molar-refractivity contribution in [3.05, 3.63) is 11.8 Å². The Balaban J connectivity index is 4.12. The van der Waals surface area contributed by atoms with Crippen LogP contribution in [-0.2, 0) is 0 Å². The molecule has 0 saturated heterocycles. The Morgan fingerprint density at radius 3 is 2.55 bits per heavy atom. The van der Waals surface area contributed by atoms with Crippen molar-refractivity contribution in [3.63, 3.8) is 0 Å². The van der Waals surface area contributed by atoms with E-state index in [1.807, 2.05) is 20.8 Å². The summed E-state index contributed by atoms with van der Waals surface area (Å²) < 4.78 is 0. The minimum Gasteiger partial charge on any atom is -0.404 e. The zero-order chi connectivity index (χ0) is 8.91. The van der Waals surface area contributed by atoms with Gasteiger partial charge in [-0.1, -0.05) is 0 Å². The van der Waals surface area contributed by atoms with E-state index in [1.165, 1.54) is 6.20 Å². The molecule has 0 aliphatic rings. The molecule has 0 aromatic carbocycles. The highest BCUT2D eigenvalue weighted by molar-refractivity contribution is 5.77. The number of rotatable bonds is 3. The molecule has 0 fully saturated rings. The van der Waals surface area contributed by atoms with Gasteiger partial charge in [0, 0.05) is 6.21 Å². The number of hydrogen-bond acceptors (Lipinski definition) is 3. The third kappa shape index (κ3) is 4.56. The molecule has 3 N–H and O–H groups in total. The Morgan fingerprint density at radius 1 is 1.64 bits per heavy atom. The van der Waals surface area contributed by atoms with Crippen molar-refractivity contribution in [2.24, 2.45) is 10.7 Å². The van der Waals surface area contributed by atoms with Gasteiger partial charge in [0.05, 0.1) is 12.1 Å². The summed E-state index contributed by atoms with van der Waals surface area (Å²) in [5.74, 6) is 0. The van der Waals surface area contributed by atoms with Gasteiger partial charge in [-0.15, -0.1) is 0 Å². The highest BCUT2D eigenvalue weighted by Gasteiger charge is 2.11. The lowest BCUT2D eigenvalue weighted by Gasteiger charge is -2.14. The molecule has 0 saturated carbocycles. The van der Waals surface area contributed by atoms with Crippen molar-refractivity contribution in [2.45, 2.75) is 26.3 Å². The first-order valence-corrected chi connectivity index (χ1v) is 3.56. The molecule has 0 unspecified atom stereocenters. The number of aliphatic imine (C=N–C) groups is 1. The number of nitrogens with zero attached hydrogens (tertiary/aromatic N) is 1. The fraction of sp³-hybridized carbons (Fsp3) is 0.625. The Bertz CT molecular complexity index is 171. The summed E-state index contributed by atoms with van der Waals surface area (Å²) in [6.07, 6.45) is 3.15. The van der Waals surface area contributed by atoms with Crippen LogP contribution in [0, 0.1) is 0 Å². The maximum absolute atomic E-state index is 8.82. The van der Waals surface area contributed by atoms with Gasteiger partial charge >= 0.3 is 0 Å². The highest BCUT2D eigenvalue weighted by atomic mass is 16.3. The van der Waals surface area contributed by atoms with E-state index < -0.39 is 5.54 Å². The second kappa shape index (κ2) is 4.13. The first kappa shape index (κ1) is 10.2. The van der Waals surface area contributed by atoms with Crippen molar-refractivity contribution in [1.29, 1.82) is 0 Å². The van der Waals surface area contributed by atoms with Gasteiger partial charge < -0.3 is 10.8 Å². The lowest BCUT2D eigenvalue weighted by molar-refractivity contribution is 0.223. The van der Waals surface area contributed by atoms with Crippen molar-refractivity contribution in [1.82, 2.24) is 0 Å². The summed E-state index contributed by atoms with van der Waals surface area (Å²) in [6.45, 7) is 5.61. The molecule has 0 aliphatic carbocycles. The monoisotopic (exact) mass is 156 g/mol. The average Bonchev–Trinajstić information content (AvgIpc) is 2.00. The first-order chi connectivity index (χ1) is 5.02. The molecule has 3 heteroatoms. The zero-order valence-electron chi connectivity index (χ0n) is 7.33. The zero-order valence-corrected chi connectivity index (χ0v) is 7.33. The Hall–Kier alpha value is -0.830. The van der Waals surface area contributed by atoms with Gasteiger partial charge in [0.2, 0.25) is 0 Å². The summed E-state index contributed by atoms with van der Waals surface area (Å²) in [5, 5.41) is 8.82. The molecule has 0 atom stereocenters. The van der Waals surface area contributed by atoms with Gasteiger partial charge in [0.25, 0.3) is 0 Å². The third-order valence-corrected chi connectivity index (χ3v) is 1.27. The largest absolute Gasteiger partial charge is 0.404 e. The summed E-state index contributed by atoms with van der Waals surface area (Å²) >= 11 is 0. The van der Waals surface area contributed by atoms with Gasteiger partial charge in [0.15, 0.2) is 0 Å². The van der Waals surface area contributed by atoms with Crippen molar-refractivity contribution < 1.29 is 5.11 Å². The topological polar surface area (TPSA) is 58.6 Å². The van der Waals surface area contributed by atoms with Crippen LogP contribution >= 0.6 is 0 Å². The number of aliphatic hydroxyl groups is 1. The minimum absolute atomic E-state index is 0.0430. The Morgan fingerprint density at radius 2 is 2.18 bits per heavy atom. The highest BCUT2D eigenvalue weighted by Crippen LogP contribution is 2.06. The molecule has 0 spiro atoms. The molecule has 3 nitrogen and oxygen atoms in total. The van der Waals surface area contributed by atoms with Crippen LogP contribution in [0.3, 0.4) is 0 Å². The van der Waals surface area contributed by atoms with Gasteiger partial charge in [-0.05, 0) is 32.5 Å². The van der Waals surface area contributed by atoms with Gasteiger partial charge in [-0.3, -0.25) is 4.99 Å². The molecule has 0 aliphatic heterocycles. The number of nitrogens with two attached hydrogens (primary N) is 1. The van der Waals surface area contributed by atoms with Gasteiger partial charge in [0.1, 0.15) is 0 Å². The summed E-state index contributed by atoms with van der Waals surface area (Å²) in [7, 11) is 0.